The third-order valence-electron chi connectivity index (χ3n) is 1.12. The Bertz CT molecular complexity index is 214. The van der Waals surface area contributed by atoms with E-state index >= 15 is 0 Å². The molecule has 62 valence electrons. The molecule has 0 saturated heterocycles. The van der Waals surface area contributed by atoms with Gasteiger partial charge in [0.2, 0.25) is 3.79 Å². The summed E-state index contributed by atoms with van der Waals surface area (Å²) in [4.78, 5) is 0. The van der Waals surface area contributed by atoms with Gasteiger partial charge in [0.1, 0.15) is 5.76 Å². The Morgan fingerprint density at radius 3 is 2.45 bits per heavy atom. The second kappa shape index (κ2) is 3.23. The van der Waals surface area contributed by atoms with E-state index in [-0.39, 0.29) is 5.76 Å². The number of hydrogen-bond acceptors (Lipinski definition) is 2. The normalized spacial score (nSPS) is 14.9. The highest BCUT2D eigenvalue weighted by Gasteiger charge is 2.33. The van der Waals surface area contributed by atoms with Gasteiger partial charge in [-0.15, -0.1) is 0 Å². The van der Waals surface area contributed by atoms with Crippen molar-refractivity contribution in [3.8, 4) is 0 Å². The standard InChI is InChI=1S/C6H5Cl3O2/c7-6(8,9)5(10)4-2-1-3-11-4/h1-3,5,10H. The molecule has 0 bridgehead atoms. The number of furan rings is 1. The zero-order chi connectivity index (χ0) is 8.48. The van der Waals surface area contributed by atoms with Crippen molar-refractivity contribution < 1.29 is 9.52 Å². The molecular weight excluding hydrogens is 210 g/mol. The maximum atomic E-state index is 9.26. The van der Waals surface area contributed by atoms with E-state index in [4.69, 9.17) is 39.2 Å². The Kier molecular flexibility index (Phi) is 2.70. The van der Waals surface area contributed by atoms with Gasteiger partial charge in [-0.3, -0.25) is 0 Å². The van der Waals surface area contributed by atoms with E-state index in [1.54, 1.807) is 6.07 Å². The van der Waals surface area contributed by atoms with Gasteiger partial charge in [0.05, 0.1) is 6.26 Å². The van der Waals surface area contributed by atoms with E-state index in [1.807, 2.05) is 0 Å². The molecule has 5 heteroatoms. The average molecular weight is 215 g/mol. The van der Waals surface area contributed by atoms with Gasteiger partial charge >= 0.3 is 0 Å². The molecule has 1 N–H and O–H groups in total. The summed E-state index contributed by atoms with van der Waals surface area (Å²) in [7, 11) is 0. The Labute approximate surface area is 78.7 Å². The fraction of sp³-hybridized carbons (Fsp3) is 0.333. The first-order chi connectivity index (χ1) is 5.02. The van der Waals surface area contributed by atoms with E-state index in [1.165, 1.54) is 12.3 Å². The average Bonchev–Trinajstić information content (AvgIpc) is 2.34. The molecule has 0 aromatic carbocycles. The minimum absolute atomic E-state index is 0.241. The lowest BCUT2D eigenvalue weighted by Crippen LogP contribution is -2.15. The molecule has 0 fully saturated rings. The first-order valence-electron chi connectivity index (χ1n) is 2.80. The van der Waals surface area contributed by atoms with Crippen molar-refractivity contribution in [2.45, 2.75) is 9.90 Å². The highest BCUT2D eigenvalue weighted by Crippen LogP contribution is 2.39. The van der Waals surface area contributed by atoms with Crippen LogP contribution in [0.4, 0.5) is 0 Å². The van der Waals surface area contributed by atoms with Crippen molar-refractivity contribution in [1.29, 1.82) is 0 Å². The third kappa shape index (κ3) is 2.27. The van der Waals surface area contributed by atoms with Crippen LogP contribution in [0.1, 0.15) is 11.9 Å². The first kappa shape index (κ1) is 9.20. The summed E-state index contributed by atoms with van der Waals surface area (Å²) in [5, 5.41) is 9.26. The van der Waals surface area contributed by atoms with Gasteiger partial charge in [-0.2, -0.15) is 0 Å². The van der Waals surface area contributed by atoms with Crippen LogP contribution in [0.15, 0.2) is 22.8 Å². The van der Waals surface area contributed by atoms with Crippen molar-refractivity contribution in [1.82, 2.24) is 0 Å². The molecule has 0 aliphatic carbocycles. The van der Waals surface area contributed by atoms with Gasteiger partial charge in [0, 0.05) is 0 Å². The predicted octanol–water partition coefficient (Wildman–Crippen LogP) is 2.68. The summed E-state index contributed by atoms with van der Waals surface area (Å²) in [6.07, 6.45) is 0.178. The maximum Gasteiger partial charge on any atom is 0.223 e. The molecule has 0 aliphatic heterocycles. The van der Waals surface area contributed by atoms with Gasteiger partial charge in [-0.1, -0.05) is 34.8 Å². The molecule has 0 spiro atoms. The molecule has 1 heterocycles. The minimum Gasteiger partial charge on any atom is -0.466 e. The lowest BCUT2D eigenvalue weighted by molar-refractivity contribution is 0.154. The van der Waals surface area contributed by atoms with E-state index in [2.05, 4.69) is 0 Å². The molecule has 1 aromatic heterocycles. The molecule has 1 unspecified atom stereocenters. The molecule has 0 amide bonds. The first-order valence-corrected chi connectivity index (χ1v) is 3.93. The fourth-order valence-electron chi connectivity index (χ4n) is 0.608. The van der Waals surface area contributed by atoms with E-state index in [0.717, 1.165) is 0 Å². The van der Waals surface area contributed by atoms with Crippen LogP contribution < -0.4 is 0 Å². The van der Waals surface area contributed by atoms with Gasteiger partial charge in [0.25, 0.3) is 0 Å². The minimum atomic E-state index is -1.74. The molecular formula is C6H5Cl3O2. The number of aliphatic hydroxyl groups is 1. The van der Waals surface area contributed by atoms with Crippen LogP contribution in [-0.4, -0.2) is 8.90 Å². The Morgan fingerprint density at radius 2 is 2.09 bits per heavy atom. The van der Waals surface area contributed by atoms with Crippen LogP contribution in [0.25, 0.3) is 0 Å². The van der Waals surface area contributed by atoms with E-state index < -0.39 is 9.90 Å². The summed E-state index contributed by atoms with van der Waals surface area (Å²) < 4.78 is 3.08. The number of rotatable bonds is 1. The summed E-state index contributed by atoms with van der Waals surface area (Å²) in [5.41, 5.74) is 0. The second-order valence-electron chi connectivity index (χ2n) is 1.96. The Balaban J connectivity index is 2.78. The number of aliphatic hydroxyl groups excluding tert-OH is 1. The Morgan fingerprint density at radius 1 is 1.45 bits per heavy atom. The largest absolute Gasteiger partial charge is 0.466 e. The van der Waals surface area contributed by atoms with Crippen LogP contribution in [0.3, 0.4) is 0 Å². The highest BCUT2D eigenvalue weighted by molar-refractivity contribution is 6.67. The SMILES string of the molecule is OC(c1ccco1)C(Cl)(Cl)Cl. The van der Waals surface area contributed by atoms with Crippen molar-refractivity contribution >= 4 is 34.8 Å². The lowest BCUT2D eigenvalue weighted by atomic mass is 10.3. The van der Waals surface area contributed by atoms with Gasteiger partial charge < -0.3 is 9.52 Å². The fourth-order valence-corrected chi connectivity index (χ4v) is 0.931. The quantitative estimate of drug-likeness (QED) is 0.731. The van der Waals surface area contributed by atoms with Crippen LogP contribution in [0, 0.1) is 0 Å². The second-order valence-corrected chi connectivity index (χ2v) is 4.33. The predicted molar refractivity (Wildman–Crippen MR) is 44.0 cm³/mol. The molecule has 0 radical (unpaired) electrons. The van der Waals surface area contributed by atoms with Crippen LogP contribution in [0.5, 0.6) is 0 Å². The highest BCUT2D eigenvalue weighted by atomic mass is 35.6. The molecule has 2 nitrogen and oxygen atoms in total. The molecule has 0 aliphatic rings. The van der Waals surface area contributed by atoms with Gasteiger partial charge in [-0.25, -0.2) is 0 Å². The smallest absolute Gasteiger partial charge is 0.223 e. The molecule has 1 aromatic rings. The molecule has 1 rings (SSSR count). The summed E-state index contributed by atoms with van der Waals surface area (Å²) in [5.74, 6) is 0.241. The zero-order valence-electron chi connectivity index (χ0n) is 5.30. The lowest BCUT2D eigenvalue weighted by Gasteiger charge is -2.15. The van der Waals surface area contributed by atoms with E-state index in [9.17, 15) is 5.11 Å². The monoisotopic (exact) mass is 214 g/mol. The van der Waals surface area contributed by atoms with Crippen LogP contribution >= 0.6 is 34.8 Å². The molecule has 0 saturated carbocycles. The van der Waals surface area contributed by atoms with E-state index in [0.29, 0.717) is 0 Å². The van der Waals surface area contributed by atoms with Crippen molar-refractivity contribution in [3.63, 3.8) is 0 Å². The summed E-state index contributed by atoms with van der Waals surface area (Å²) >= 11 is 16.2. The summed E-state index contributed by atoms with van der Waals surface area (Å²) in [6.45, 7) is 0. The maximum absolute atomic E-state index is 9.26. The summed E-state index contributed by atoms with van der Waals surface area (Å²) in [6, 6.07) is 3.14. The Hall–Kier alpha value is 0.110. The van der Waals surface area contributed by atoms with Crippen LogP contribution in [-0.2, 0) is 0 Å². The van der Waals surface area contributed by atoms with Crippen LogP contribution in [0.2, 0.25) is 0 Å². The number of hydrogen-bond donors (Lipinski definition) is 1. The molecule has 1 atom stereocenters. The number of alkyl halides is 3. The zero-order valence-corrected chi connectivity index (χ0v) is 7.57. The van der Waals surface area contributed by atoms with Gasteiger partial charge in [0.15, 0.2) is 6.10 Å². The van der Waals surface area contributed by atoms with Crippen molar-refractivity contribution in [2.24, 2.45) is 0 Å². The topological polar surface area (TPSA) is 33.4 Å². The van der Waals surface area contributed by atoms with Crippen molar-refractivity contribution in [3.05, 3.63) is 24.2 Å². The third-order valence-corrected chi connectivity index (χ3v) is 1.74. The van der Waals surface area contributed by atoms with Gasteiger partial charge in [-0.05, 0) is 12.1 Å². The number of halogens is 3. The molecule has 11 heavy (non-hydrogen) atoms. The van der Waals surface area contributed by atoms with Crippen molar-refractivity contribution in [2.75, 3.05) is 0 Å².